The Morgan fingerprint density at radius 3 is 2.21 bits per heavy atom. The number of hydrogen-bond acceptors (Lipinski definition) is 3. The Kier molecular flexibility index (Phi) is 7.68. The summed E-state index contributed by atoms with van der Waals surface area (Å²) in [5, 5.41) is 2.73. The van der Waals surface area contributed by atoms with Crippen molar-refractivity contribution in [3.05, 3.63) is 65.5 Å². The fraction of sp³-hybridized carbons (Fsp3) is 0.286. The summed E-state index contributed by atoms with van der Waals surface area (Å²) in [6.45, 7) is 2.67. The number of aryl methyl sites for hydroxylation is 1. The van der Waals surface area contributed by atoms with E-state index < -0.39 is 5.91 Å². The molecule has 0 saturated heterocycles. The zero-order valence-corrected chi connectivity index (χ0v) is 15.8. The van der Waals surface area contributed by atoms with Gasteiger partial charge in [-0.2, -0.15) is 0 Å². The average molecular weight is 385 g/mol. The second-order valence-corrected chi connectivity index (χ2v) is 6.34. The lowest BCUT2D eigenvalue weighted by atomic mass is 10.1. The summed E-state index contributed by atoms with van der Waals surface area (Å²) in [6, 6.07) is 12.3. The highest BCUT2D eigenvalue weighted by Crippen LogP contribution is 2.10. The van der Waals surface area contributed by atoms with Gasteiger partial charge in [-0.1, -0.05) is 12.1 Å². The van der Waals surface area contributed by atoms with Crippen LogP contribution in [0.4, 0.5) is 10.1 Å². The maximum atomic E-state index is 12.9. The zero-order valence-electron chi connectivity index (χ0n) is 15.8. The standard InChI is InChI=1S/C21H24FN3O3/c1-2-25(20(27)12-5-15-3-8-17(22)9-4-15)14-13-19(26)24-18-10-6-16(7-11-18)21(23)28/h3-4,6-11H,2,5,12-14H2,1H3,(H2,23,28)(H,24,26). The molecule has 2 aromatic carbocycles. The summed E-state index contributed by atoms with van der Waals surface area (Å²) in [5.74, 6) is -1.11. The van der Waals surface area contributed by atoms with Crippen LogP contribution in [0.1, 0.15) is 35.7 Å². The van der Waals surface area contributed by atoms with Gasteiger partial charge in [0, 0.05) is 37.2 Å². The molecule has 0 aliphatic carbocycles. The van der Waals surface area contributed by atoms with Gasteiger partial charge in [0.15, 0.2) is 0 Å². The molecule has 0 atom stereocenters. The first-order valence-corrected chi connectivity index (χ1v) is 9.11. The number of nitrogens with zero attached hydrogens (tertiary/aromatic N) is 1. The summed E-state index contributed by atoms with van der Waals surface area (Å²) in [7, 11) is 0. The van der Waals surface area contributed by atoms with Gasteiger partial charge in [0.2, 0.25) is 17.7 Å². The molecule has 6 nitrogen and oxygen atoms in total. The van der Waals surface area contributed by atoms with Crippen LogP contribution in [0.3, 0.4) is 0 Å². The normalized spacial score (nSPS) is 10.4. The number of nitrogens with two attached hydrogens (primary N) is 1. The number of anilines is 1. The van der Waals surface area contributed by atoms with E-state index in [1.807, 2.05) is 6.92 Å². The Morgan fingerprint density at radius 2 is 1.64 bits per heavy atom. The predicted molar refractivity (Wildman–Crippen MR) is 105 cm³/mol. The molecular formula is C21H24FN3O3. The molecule has 28 heavy (non-hydrogen) atoms. The average Bonchev–Trinajstić information content (AvgIpc) is 2.68. The molecule has 0 heterocycles. The van der Waals surface area contributed by atoms with E-state index in [0.717, 1.165) is 5.56 Å². The van der Waals surface area contributed by atoms with E-state index in [4.69, 9.17) is 5.73 Å². The minimum Gasteiger partial charge on any atom is -0.366 e. The van der Waals surface area contributed by atoms with E-state index in [1.54, 1.807) is 29.2 Å². The highest BCUT2D eigenvalue weighted by molar-refractivity contribution is 5.94. The smallest absolute Gasteiger partial charge is 0.248 e. The number of carbonyl (C=O) groups excluding carboxylic acids is 3. The molecule has 2 rings (SSSR count). The lowest BCUT2D eigenvalue weighted by molar-refractivity contribution is -0.131. The monoisotopic (exact) mass is 385 g/mol. The number of primary amides is 1. The summed E-state index contributed by atoms with van der Waals surface area (Å²) in [4.78, 5) is 37.1. The van der Waals surface area contributed by atoms with Crippen molar-refractivity contribution in [2.75, 3.05) is 18.4 Å². The SMILES string of the molecule is CCN(CCC(=O)Nc1ccc(C(N)=O)cc1)C(=O)CCc1ccc(F)cc1. The van der Waals surface area contributed by atoms with E-state index in [2.05, 4.69) is 5.32 Å². The largest absolute Gasteiger partial charge is 0.366 e. The van der Waals surface area contributed by atoms with Crippen molar-refractivity contribution >= 4 is 23.4 Å². The number of nitrogens with one attached hydrogen (secondary N) is 1. The molecule has 0 spiro atoms. The first-order chi connectivity index (χ1) is 13.4. The quantitative estimate of drug-likeness (QED) is 0.695. The maximum absolute atomic E-state index is 12.9. The number of hydrogen-bond donors (Lipinski definition) is 2. The van der Waals surface area contributed by atoms with Crippen LogP contribution >= 0.6 is 0 Å². The van der Waals surface area contributed by atoms with Crippen molar-refractivity contribution in [1.82, 2.24) is 4.90 Å². The van der Waals surface area contributed by atoms with Crippen LogP contribution in [0, 0.1) is 5.82 Å². The molecule has 0 aliphatic heterocycles. The van der Waals surface area contributed by atoms with Crippen molar-refractivity contribution in [3.8, 4) is 0 Å². The highest BCUT2D eigenvalue weighted by Gasteiger charge is 2.14. The van der Waals surface area contributed by atoms with Crippen molar-refractivity contribution in [2.45, 2.75) is 26.2 Å². The number of halogens is 1. The van der Waals surface area contributed by atoms with E-state index in [-0.39, 0.29) is 24.1 Å². The van der Waals surface area contributed by atoms with E-state index >= 15 is 0 Å². The van der Waals surface area contributed by atoms with Gasteiger partial charge in [0.1, 0.15) is 5.82 Å². The Morgan fingerprint density at radius 1 is 1.00 bits per heavy atom. The second-order valence-electron chi connectivity index (χ2n) is 6.34. The Bertz CT molecular complexity index is 820. The molecular weight excluding hydrogens is 361 g/mol. The lowest BCUT2D eigenvalue weighted by Gasteiger charge is -2.20. The Hall–Kier alpha value is -3.22. The first-order valence-electron chi connectivity index (χ1n) is 9.11. The van der Waals surface area contributed by atoms with E-state index in [0.29, 0.717) is 37.2 Å². The Labute approximate surface area is 163 Å². The molecule has 7 heteroatoms. The summed E-state index contributed by atoms with van der Waals surface area (Å²) in [6.07, 6.45) is 0.984. The zero-order chi connectivity index (χ0) is 20.5. The molecule has 2 aromatic rings. The highest BCUT2D eigenvalue weighted by atomic mass is 19.1. The van der Waals surface area contributed by atoms with Crippen molar-refractivity contribution in [1.29, 1.82) is 0 Å². The molecule has 0 radical (unpaired) electrons. The van der Waals surface area contributed by atoms with E-state index in [1.165, 1.54) is 24.3 Å². The van der Waals surface area contributed by atoms with Crippen LogP contribution in [0.25, 0.3) is 0 Å². The molecule has 0 bridgehead atoms. The van der Waals surface area contributed by atoms with Crippen molar-refractivity contribution in [2.24, 2.45) is 5.73 Å². The molecule has 0 aliphatic rings. The molecule has 0 saturated carbocycles. The maximum Gasteiger partial charge on any atom is 0.248 e. The number of benzene rings is 2. The van der Waals surface area contributed by atoms with Crippen LogP contribution in [0.5, 0.6) is 0 Å². The van der Waals surface area contributed by atoms with Gasteiger partial charge >= 0.3 is 0 Å². The number of carbonyl (C=O) groups is 3. The number of amides is 3. The van der Waals surface area contributed by atoms with Crippen LogP contribution in [-0.4, -0.2) is 35.7 Å². The Balaban J connectivity index is 1.79. The molecule has 3 N–H and O–H groups in total. The number of rotatable bonds is 9. The van der Waals surface area contributed by atoms with Gasteiger partial charge in [0.25, 0.3) is 0 Å². The lowest BCUT2D eigenvalue weighted by Crippen LogP contribution is -2.33. The second kappa shape index (κ2) is 10.2. The van der Waals surface area contributed by atoms with Gasteiger partial charge in [-0.15, -0.1) is 0 Å². The van der Waals surface area contributed by atoms with E-state index in [9.17, 15) is 18.8 Å². The molecule has 0 aromatic heterocycles. The molecule has 148 valence electrons. The van der Waals surface area contributed by atoms with Crippen molar-refractivity contribution in [3.63, 3.8) is 0 Å². The van der Waals surface area contributed by atoms with Crippen molar-refractivity contribution < 1.29 is 18.8 Å². The third-order valence-electron chi connectivity index (χ3n) is 4.34. The van der Waals surface area contributed by atoms with Crippen LogP contribution < -0.4 is 11.1 Å². The third kappa shape index (κ3) is 6.50. The topological polar surface area (TPSA) is 92.5 Å². The molecule has 0 fully saturated rings. The summed E-state index contributed by atoms with van der Waals surface area (Å²) in [5.41, 5.74) is 6.99. The first kappa shape index (κ1) is 21.1. The minimum absolute atomic E-state index is 0.0505. The van der Waals surface area contributed by atoms with Gasteiger partial charge in [-0.05, 0) is 55.3 Å². The van der Waals surface area contributed by atoms with Crippen LogP contribution in [0.15, 0.2) is 48.5 Å². The molecule has 3 amide bonds. The predicted octanol–water partition coefficient (Wildman–Crippen LogP) is 2.73. The molecule has 0 unspecified atom stereocenters. The fourth-order valence-corrected chi connectivity index (χ4v) is 2.70. The summed E-state index contributed by atoms with van der Waals surface area (Å²) < 4.78 is 12.9. The fourth-order valence-electron chi connectivity index (χ4n) is 2.70. The minimum atomic E-state index is -0.532. The van der Waals surface area contributed by atoms with Gasteiger partial charge in [-0.25, -0.2) is 4.39 Å². The van der Waals surface area contributed by atoms with Crippen LogP contribution in [-0.2, 0) is 16.0 Å². The van der Waals surface area contributed by atoms with Gasteiger partial charge in [-0.3, -0.25) is 14.4 Å². The third-order valence-corrected chi connectivity index (χ3v) is 4.34. The van der Waals surface area contributed by atoms with Gasteiger partial charge in [0.05, 0.1) is 0 Å². The van der Waals surface area contributed by atoms with Crippen LogP contribution in [0.2, 0.25) is 0 Å². The van der Waals surface area contributed by atoms with Gasteiger partial charge < -0.3 is 16.0 Å². The summed E-state index contributed by atoms with van der Waals surface area (Å²) >= 11 is 0.